The molecule has 1 saturated heterocycles. The highest BCUT2D eigenvalue weighted by Crippen LogP contribution is 2.22. The predicted octanol–water partition coefficient (Wildman–Crippen LogP) is 1.30. The highest BCUT2D eigenvalue weighted by molar-refractivity contribution is 5.71. The van der Waals surface area contributed by atoms with Crippen LogP contribution in [0.25, 0.3) is 0 Å². The molecular formula is C11H14N2O2. The first-order valence-corrected chi connectivity index (χ1v) is 5.08. The molecule has 0 radical (unpaired) electrons. The Kier molecular flexibility index (Phi) is 2.58. The van der Waals surface area contributed by atoms with Crippen LogP contribution in [0.3, 0.4) is 0 Å². The molecule has 1 fully saturated rings. The van der Waals surface area contributed by atoms with Crippen LogP contribution in [-0.2, 0) is 4.79 Å². The van der Waals surface area contributed by atoms with Crippen LogP contribution in [0, 0.1) is 12.8 Å². The topological polar surface area (TPSA) is 53.4 Å². The SMILES string of the molecule is Cc1cccc(N2CCC(C(=O)O)C2)n1. The lowest BCUT2D eigenvalue weighted by atomic mass is 10.1. The third kappa shape index (κ3) is 2.09. The summed E-state index contributed by atoms with van der Waals surface area (Å²) in [7, 11) is 0. The number of hydrogen-bond acceptors (Lipinski definition) is 3. The predicted molar refractivity (Wildman–Crippen MR) is 56.9 cm³/mol. The van der Waals surface area contributed by atoms with Crippen LogP contribution in [-0.4, -0.2) is 29.1 Å². The van der Waals surface area contributed by atoms with E-state index in [0.717, 1.165) is 18.1 Å². The molecule has 1 N–H and O–H groups in total. The molecule has 0 bridgehead atoms. The van der Waals surface area contributed by atoms with E-state index in [1.807, 2.05) is 30.0 Å². The molecule has 1 aromatic heterocycles. The summed E-state index contributed by atoms with van der Waals surface area (Å²) in [5, 5.41) is 8.89. The molecule has 2 heterocycles. The molecule has 1 atom stereocenters. The summed E-state index contributed by atoms with van der Waals surface area (Å²) in [6.45, 7) is 3.30. The number of nitrogens with zero attached hydrogens (tertiary/aromatic N) is 2. The number of carboxylic acid groups (broad SMARTS) is 1. The Morgan fingerprint density at radius 1 is 1.60 bits per heavy atom. The fraction of sp³-hybridized carbons (Fsp3) is 0.455. The van der Waals surface area contributed by atoms with Crippen molar-refractivity contribution in [3.63, 3.8) is 0 Å². The maximum atomic E-state index is 10.8. The molecule has 0 aliphatic carbocycles. The van der Waals surface area contributed by atoms with Crippen molar-refractivity contribution in [1.82, 2.24) is 4.98 Å². The van der Waals surface area contributed by atoms with Crippen LogP contribution in [0.15, 0.2) is 18.2 Å². The summed E-state index contributed by atoms with van der Waals surface area (Å²) >= 11 is 0. The number of aliphatic carboxylic acids is 1. The highest BCUT2D eigenvalue weighted by atomic mass is 16.4. The lowest BCUT2D eigenvalue weighted by Crippen LogP contribution is -2.23. The molecule has 1 aliphatic rings. The summed E-state index contributed by atoms with van der Waals surface area (Å²) in [5.74, 6) is -0.0591. The molecule has 4 nitrogen and oxygen atoms in total. The minimum Gasteiger partial charge on any atom is -0.481 e. The van der Waals surface area contributed by atoms with Crippen molar-refractivity contribution in [3.8, 4) is 0 Å². The second-order valence-corrected chi connectivity index (χ2v) is 3.91. The molecule has 2 rings (SSSR count). The quantitative estimate of drug-likeness (QED) is 0.792. The Morgan fingerprint density at radius 2 is 2.40 bits per heavy atom. The Bertz CT molecular complexity index is 379. The molecule has 1 aromatic rings. The number of rotatable bonds is 2. The average molecular weight is 206 g/mol. The van der Waals surface area contributed by atoms with Crippen molar-refractivity contribution in [1.29, 1.82) is 0 Å². The fourth-order valence-corrected chi connectivity index (χ4v) is 1.87. The average Bonchev–Trinajstić information content (AvgIpc) is 2.66. The van der Waals surface area contributed by atoms with Gasteiger partial charge in [0.2, 0.25) is 0 Å². The van der Waals surface area contributed by atoms with E-state index in [1.54, 1.807) is 0 Å². The van der Waals surface area contributed by atoms with Crippen LogP contribution in [0.4, 0.5) is 5.82 Å². The van der Waals surface area contributed by atoms with Gasteiger partial charge in [-0.3, -0.25) is 4.79 Å². The Hall–Kier alpha value is -1.58. The Morgan fingerprint density at radius 3 is 3.00 bits per heavy atom. The van der Waals surface area contributed by atoms with Crippen molar-refractivity contribution in [3.05, 3.63) is 23.9 Å². The van der Waals surface area contributed by atoms with Gasteiger partial charge in [-0.1, -0.05) is 6.07 Å². The summed E-state index contributed by atoms with van der Waals surface area (Å²) in [4.78, 5) is 17.2. The summed E-state index contributed by atoms with van der Waals surface area (Å²) in [6.07, 6.45) is 0.713. The van der Waals surface area contributed by atoms with Gasteiger partial charge in [0.05, 0.1) is 5.92 Å². The molecule has 80 valence electrons. The van der Waals surface area contributed by atoms with Crippen LogP contribution in [0.5, 0.6) is 0 Å². The van der Waals surface area contributed by atoms with Crippen LogP contribution >= 0.6 is 0 Å². The Balaban J connectivity index is 2.11. The number of pyridine rings is 1. The second kappa shape index (κ2) is 3.88. The molecule has 0 aromatic carbocycles. The molecule has 0 amide bonds. The minimum atomic E-state index is -0.704. The van der Waals surface area contributed by atoms with Gasteiger partial charge in [-0.25, -0.2) is 4.98 Å². The second-order valence-electron chi connectivity index (χ2n) is 3.91. The van der Waals surface area contributed by atoms with Crippen molar-refractivity contribution in [2.45, 2.75) is 13.3 Å². The lowest BCUT2D eigenvalue weighted by molar-refractivity contribution is -0.140. The molecule has 0 saturated carbocycles. The first-order valence-electron chi connectivity index (χ1n) is 5.08. The van der Waals surface area contributed by atoms with Crippen molar-refractivity contribution in [2.24, 2.45) is 5.92 Å². The van der Waals surface area contributed by atoms with Crippen LogP contribution in [0.1, 0.15) is 12.1 Å². The molecule has 0 spiro atoms. The van der Waals surface area contributed by atoms with Crippen LogP contribution in [0.2, 0.25) is 0 Å². The van der Waals surface area contributed by atoms with Gasteiger partial charge in [-0.2, -0.15) is 0 Å². The third-order valence-corrected chi connectivity index (χ3v) is 2.74. The summed E-state index contributed by atoms with van der Waals surface area (Å²) < 4.78 is 0. The number of aromatic nitrogens is 1. The molecule has 1 aliphatic heterocycles. The van der Waals surface area contributed by atoms with Gasteiger partial charge in [0.25, 0.3) is 0 Å². The molecule has 1 unspecified atom stereocenters. The zero-order valence-electron chi connectivity index (χ0n) is 8.68. The van der Waals surface area contributed by atoms with Gasteiger partial charge in [0.15, 0.2) is 0 Å². The summed E-state index contributed by atoms with van der Waals surface area (Å²) in [6, 6.07) is 5.82. The fourth-order valence-electron chi connectivity index (χ4n) is 1.87. The van der Waals surface area contributed by atoms with E-state index in [9.17, 15) is 4.79 Å². The van der Waals surface area contributed by atoms with E-state index in [2.05, 4.69) is 4.98 Å². The largest absolute Gasteiger partial charge is 0.481 e. The molecule has 4 heteroatoms. The number of carbonyl (C=O) groups is 1. The van der Waals surface area contributed by atoms with Crippen LogP contribution < -0.4 is 4.90 Å². The van der Waals surface area contributed by atoms with Gasteiger partial charge in [-0.15, -0.1) is 0 Å². The zero-order chi connectivity index (χ0) is 10.8. The number of carboxylic acids is 1. The normalized spacial score (nSPS) is 20.6. The van der Waals surface area contributed by atoms with E-state index < -0.39 is 5.97 Å². The van der Waals surface area contributed by atoms with E-state index in [0.29, 0.717) is 13.0 Å². The van der Waals surface area contributed by atoms with Crippen molar-refractivity contribution >= 4 is 11.8 Å². The highest BCUT2D eigenvalue weighted by Gasteiger charge is 2.28. The zero-order valence-corrected chi connectivity index (χ0v) is 8.68. The third-order valence-electron chi connectivity index (χ3n) is 2.74. The number of anilines is 1. The standard InChI is InChI=1S/C11H14N2O2/c1-8-3-2-4-10(12-8)13-6-5-9(7-13)11(14)15/h2-4,9H,5-7H2,1H3,(H,14,15). The number of hydrogen-bond donors (Lipinski definition) is 1. The monoisotopic (exact) mass is 206 g/mol. The lowest BCUT2D eigenvalue weighted by Gasteiger charge is -2.16. The van der Waals surface area contributed by atoms with E-state index in [1.165, 1.54) is 0 Å². The van der Waals surface area contributed by atoms with Crippen molar-refractivity contribution in [2.75, 3.05) is 18.0 Å². The first-order chi connectivity index (χ1) is 7.16. The minimum absolute atomic E-state index is 0.243. The van der Waals surface area contributed by atoms with Gasteiger partial charge < -0.3 is 10.0 Å². The first kappa shape index (κ1) is 9.96. The summed E-state index contributed by atoms with van der Waals surface area (Å²) in [5.41, 5.74) is 0.964. The van der Waals surface area contributed by atoms with E-state index in [-0.39, 0.29) is 5.92 Å². The van der Waals surface area contributed by atoms with Gasteiger partial charge in [0.1, 0.15) is 5.82 Å². The number of aryl methyl sites for hydroxylation is 1. The van der Waals surface area contributed by atoms with E-state index >= 15 is 0 Å². The van der Waals surface area contributed by atoms with Crippen molar-refractivity contribution < 1.29 is 9.90 Å². The maximum Gasteiger partial charge on any atom is 0.308 e. The Labute approximate surface area is 88.6 Å². The smallest absolute Gasteiger partial charge is 0.308 e. The molecular weight excluding hydrogens is 192 g/mol. The van der Waals surface area contributed by atoms with Gasteiger partial charge in [0, 0.05) is 18.8 Å². The van der Waals surface area contributed by atoms with Gasteiger partial charge >= 0.3 is 5.97 Å². The van der Waals surface area contributed by atoms with Gasteiger partial charge in [-0.05, 0) is 25.5 Å². The maximum absolute atomic E-state index is 10.8. The molecule has 15 heavy (non-hydrogen) atoms. The van der Waals surface area contributed by atoms with E-state index in [4.69, 9.17) is 5.11 Å².